The first-order valence-corrected chi connectivity index (χ1v) is 8.17. The van der Waals surface area contributed by atoms with Crippen molar-refractivity contribution in [1.82, 2.24) is 15.0 Å². The highest BCUT2D eigenvalue weighted by Gasteiger charge is 2.20. The van der Waals surface area contributed by atoms with Gasteiger partial charge < -0.3 is 9.64 Å². The van der Waals surface area contributed by atoms with Crippen LogP contribution in [0.25, 0.3) is 0 Å². The highest BCUT2D eigenvalue weighted by atomic mass is 32.1. The van der Waals surface area contributed by atoms with Crippen LogP contribution >= 0.6 is 11.3 Å². The van der Waals surface area contributed by atoms with E-state index in [1.807, 2.05) is 20.0 Å². The molecule has 0 saturated heterocycles. The number of anilines is 1. The second-order valence-corrected chi connectivity index (χ2v) is 7.41. The van der Waals surface area contributed by atoms with Crippen molar-refractivity contribution in [2.45, 2.75) is 46.3 Å². The molecule has 0 fully saturated rings. The summed E-state index contributed by atoms with van der Waals surface area (Å²) in [4.78, 5) is 16.0. The molecule has 0 spiro atoms. The van der Waals surface area contributed by atoms with Crippen molar-refractivity contribution in [1.29, 1.82) is 0 Å². The molecule has 120 valence electrons. The molecule has 0 atom stereocenters. The second-order valence-electron chi connectivity index (χ2n) is 6.46. The summed E-state index contributed by atoms with van der Waals surface area (Å²) in [6.07, 6.45) is 0. The standard InChI is InChI=1S/C16H24N4OS/c1-11-10-22-14(17-11)8-20(5)13-7-12(9-21-6)18-15(19-13)16(2,3)4/h7,10H,8-9H2,1-6H3. The maximum absolute atomic E-state index is 5.23. The number of aryl methyl sites for hydroxylation is 1. The van der Waals surface area contributed by atoms with Gasteiger partial charge in [0.25, 0.3) is 0 Å². The fourth-order valence-electron chi connectivity index (χ4n) is 2.00. The Morgan fingerprint density at radius 1 is 1.23 bits per heavy atom. The second kappa shape index (κ2) is 6.71. The number of hydrogen-bond donors (Lipinski definition) is 0. The minimum Gasteiger partial charge on any atom is -0.378 e. The van der Waals surface area contributed by atoms with E-state index in [1.165, 1.54) is 0 Å². The molecule has 0 saturated carbocycles. The van der Waals surface area contributed by atoms with Gasteiger partial charge in [-0.3, -0.25) is 0 Å². The average molecular weight is 320 g/mol. The summed E-state index contributed by atoms with van der Waals surface area (Å²) >= 11 is 1.68. The Bertz CT molecular complexity index is 633. The maximum Gasteiger partial charge on any atom is 0.136 e. The zero-order valence-electron chi connectivity index (χ0n) is 14.2. The van der Waals surface area contributed by atoms with Crippen LogP contribution in [0.15, 0.2) is 11.4 Å². The summed E-state index contributed by atoms with van der Waals surface area (Å²) in [6.45, 7) is 9.60. The number of hydrogen-bond acceptors (Lipinski definition) is 6. The van der Waals surface area contributed by atoms with Gasteiger partial charge in [0.1, 0.15) is 16.6 Å². The molecule has 0 aliphatic rings. The summed E-state index contributed by atoms with van der Waals surface area (Å²) in [5.41, 5.74) is 1.86. The lowest BCUT2D eigenvalue weighted by atomic mass is 9.95. The third kappa shape index (κ3) is 4.24. The van der Waals surface area contributed by atoms with Crippen molar-refractivity contribution in [3.63, 3.8) is 0 Å². The Balaban J connectivity index is 2.29. The largest absolute Gasteiger partial charge is 0.378 e. The van der Waals surface area contributed by atoms with Gasteiger partial charge in [0.05, 0.1) is 18.8 Å². The number of methoxy groups -OCH3 is 1. The van der Waals surface area contributed by atoms with Crippen LogP contribution in [0.2, 0.25) is 0 Å². The van der Waals surface area contributed by atoms with E-state index in [9.17, 15) is 0 Å². The topological polar surface area (TPSA) is 51.1 Å². The van der Waals surface area contributed by atoms with Gasteiger partial charge in [-0.25, -0.2) is 15.0 Å². The lowest BCUT2D eigenvalue weighted by molar-refractivity contribution is 0.181. The zero-order valence-corrected chi connectivity index (χ0v) is 15.0. The van der Waals surface area contributed by atoms with Gasteiger partial charge in [0.2, 0.25) is 0 Å². The average Bonchev–Trinajstić information content (AvgIpc) is 2.83. The van der Waals surface area contributed by atoms with Crippen LogP contribution < -0.4 is 4.90 Å². The van der Waals surface area contributed by atoms with Crippen LogP contribution in [0.3, 0.4) is 0 Å². The van der Waals surface area contributed by atoms with E-state index in [0.29, 0.717) is 6.61 Å². The molecule has 2 aromatic heterocycles. The van der Waals surface area contributed by atoms with Crippen LogP contribution in [0.1, 0.15) is 43.0 Å². The summed E-state index contributed by atoms with van der Waals surface area (Å²) in [7, 11) is 3.71. The molecular weight excluding hydrogens is 296 g/mol. The van der Waals surface area contributed by atoms with Crippen LogP contribution in [0.5, 0.6) is 0 Å². The Kier molecular flexibility index (Phi) is 5.13. The Morgan fingerprint density at radius 3 is 2.50 bits per heavy atom. The molecule has 0 radical (unpaired) electrons. The number of rotatable bonds is 5. The summed E-state index contributed by atoms with van der Waals surface area (Å²) < 4.78 is 5.23. The van der Waals surface area contributed by atoms with Crippen molar-refractivity contribution < 1.29 is 4.74 Å². The minimum atomic E-state index is -0.100. The zero-order chi connectivity index (χ0) is 16.3. The van der Waals surface area contributed by atoms with Gasteiger partial charge in [0, 0.05) is 36.7 Å². The van der Waals surface area contributed by atoms with Gasteiger partial charge in [-0.2, -0.15) is 0 Å². The molecule has 0 aromatic carbocycles. The third-order valence-corrected chi connectivity index (χ3v) is 4.11. The predicted octanol–water partition coefficient (Wildman–Crippen LogP) is 3.32. The van der Waals surface area contributed by atoms with E-state index in [2.05, 4.69) is 41.0 Å². The van der Waals surface area contributed by atoms with Gasteiger partial charge in [0.15, 0.2) is 0 Å². The van der Waals surface area contributed by atoms with Gasteiger partial charge in [-0.15, -0.1) is 11.3 Å². The molecule has 2 rings (SSSR count). The fourth-order valence-corrected chi connectivity index (χ4v) is 2.82. The Hall–Kier alpha value is -1.53. The molecule has 0 bridgehead atoms. The first-order valence-electron chi connectivity index (χ1n) is 7.29. The predicted molar refractivity (Wildman–Crippen MR) is 90.4 cm³/mol. The highest BCUT2D eigenvalue weighted by Crippen LogP contribution is 2.23. The first kappa shape index (κ1) is 16.8. The fraction of sp³-hybridized carbons (Fsp3) is 0.562. The maximum atomic E-state index is 5.23. The van der Waals surface area contributed by atoms with E-state index in [0.717, 1.165) is 34.6 Å². The van der Waals surface area contributed by atoms with Crippen LogP contribution in [-0.2, 0) is 23.3 Å². The van der Waals surface area contributed by atoms with Crippen molar-refractivity contribution in [2.24, 2.45) is 0 Å². The van der Waals surface area contributed by atoms with Crippen LogP contribution in [0, 0.1) is 6.92 Å². The quantitative estimate of drug-likeness (QED) is 0.846. The van der Waals surface area contributed by atoms with Crippen molar-refractivity contribution in [2.75, 3.05) is 19.1 Å². The molecule has 0 aliphatic carbocycles. The van der Waals surface area contributed by atoms with E-state index in [-0.39, 0.29) is 5.41 Å². The van der Waals surface area contributed by atoms with Gasteiger partial charge >= 0.3 is 0 Å². The number of nitrogens with zero attached hydrogens (tertiary/aromatic N) is 4. The summed E-state index contributed by atoms with van der Waals surface area (Å²) in [6, 6.07) is 1.99. The molecule has 0 amide bonds. The monoisotopic (exact) mass is 320 g/mol. The minimum absolute atomic E-state index is 0.100. The molecule has 6 heteroatoms. The number of thiazole rings is 1. The number of aromatic nitrogens is 3. The van der Waals surface area contributed by atoms with Crippen molar-refractivity contribution >= 4 is 17.2 Å². The van der Waals surface area contributed by atoms with E-state index >= 15 is 0 Å². The van der Waals surface area contributed by atoms with Crippen molar-refractivity contribution in [3.05, 3.63) is 33.7 Å². The summed E-state index contributed by atoms with van der Waals surface area (Å²) in [5.74, 6) is 1.74. The number of ether oxygens (including phenoxy) is 1. The molecule has 0 aliphatic heterocycles. The first-order chi connectivity index (χ1) is 10.3. The smallest absolute Gasteiger partial charge is 0.136 e. The lowest BCUT2D eigenvalue weighted by Gasteiger charge is -2.22. The molecule has 5 nitrogen and oxygen atoms in total. The lowest BCUT2D eigenvalue weighted by Crippen LogP contribution is -2.23. The Labute approximate surface area is 136 Å². The van der Waals surface area contributed by atoms with Crippen LogP contribution in [0.4, 0.5) is 5.82 Å². The Morgan fingerprint density at radius 2 is 1.95 bits per heavy atom. The molecule has 2 heterocycles. The van der Waals surface area contributed by atoms with Crippen LogP contribution in [-0.4, -0.2) is 29.1 Å². The highest BCUT2D eigenvalue weighted by molar-refractivity contribution is 7.09. The van der Waals surface area contributed by atoms with Gasteiger partial charge in [-0.05, 0) is 6.92 Å². The van der Waals surface area contributed by atoms with Crippen molar-refractivity contribution in [3.8, 4) is 0 Å². The molecule has 0 unspecified atom stereocenters. The molecule has 2 aromatic rings. The third-order valence-electron chi connectivity index (χ3n) is 3.16. The normalized spacial score (nSPS) is 11.7. The molecular formula is C16H24N4OS. The van der Waals surface area contributed by atoms with E-state index < -0.39 is 0 Å². The SMILES string of the molecule is COCc1cc(N(C)Cc2nc(C)cs2)nc(C(C)(C)C)n1. The molecule has 22 heavy (non-hydrogen) atoms. The molecule has 0 N–H and O–H groups in total. The summed E-state index contributed by atoms with van der Waals surface area (Å²) in [5, 5.41) is 3.16. The van der Waals surface area contributed by atoms with E-state index in [4.69, 9.17) is 9.72 Å². The van der Waals surface area contributed by atoms with Gasteiger partial charge in [-0.1, -0.05) is 20.8 Å². The van der Waals surface area contributed by atoms with E-state index in [1.54, 1.807) is 18.4 Å².